The number of nitrogens with one attached hydrogen (secondary N) is 1. The summed E-state index contributed by atoms with van der Waals surface area (Å²) in [6, 6.07) is 9.20. The second kappa shape index (κ2) is 6.21. The second-order valence-corrected chi connectivity index (χ2v) is 5.48. The van der Waals surface area contributed by atoms with Gasteiger partial charge in [-0.05, 0) is 50.6 Å². The van der Waals surface area contributed by atoms with Gasteiger partial charge < -0.3 is 15.0 Å². The average Bonchev–Trinajstić information content (AvgIpc) is 3.14. The predicted molar refractivity (Wildman–Crippen MR) is 75.8 cm³/mol. The number of nitrogens with zero attached hydrogens (tertiary/aromatic N) is 1. The molecule has 1 aromatic rings. The SMILES string of the molecule is COCC(Nc1ccc(CN(C)C)cc1)C1CC1. The van der Waals surface area contributed by atoms with Crippen LogP contribution in [0.1, 0.15) is 18.4 Å². The van der Waals surface area contributed by atoms with Gasteiger partial charge in [-0.15, -0.1) is 0 Å². The lowest BCUT2D eigenvalue weighted by Crippen LogP contribution is -2.27. The monoisotopic (exact) mass is 248 g/mol. The molecule has 1 aromatic carbocycles. The van der Waals surface area contributed by atoms with Gasteiger partial charge in [0.25, 0.3) is 0 Å². The number of rotatable bonds is 7. The highest BCUT2D eigenvalue weighted by Crippen LogP contribution is 2.34. The Morgan fingerprint density at radius 3 is 2.44 bits per heavy atom. The molecule has 0 aliphatic heterocycles. The number of benzene rings is 1. The zero-order chi connectivity index (χ0) is 13.0. The molecule has 0 saturated heterocycles. The van der Waals surface area contributed by atoms with Crippen LogP contribution in [0.15, 0.2) is 24.3 Å². The lowest BCUT2D eigenvalue weighted by Gasteiger charge is -2.19. The Balaban J connectivity index is 1.91. The average molecular weight is 248 g/mol. The number of methoxy groups -OCH3 is 1. The van der Waals surface area contributed by atoms with E-state index < -0.39 is 0 Å². The van der Waals surface area contributed by atoms with Crippen molar-refractivity contribution in [1.29, 1.82) is 0 Å². The maximum atomic E-state index is 5.28. The molecule has 1 unspecified atom stereocenters. The number of hydrogen-bond donors (Lipinski definition) is 1. The zero-order valence-corrected chi connectivity index (χ0v) is 11.6. The van der Waals surface area contributed by atoms with Crippen LogP contribution in [-0.4, -0.2) is 38.8 Å². The molecule has 100 valence electrons. The van der Waals surface area contributed by atoms with E-state index in [0.717, 1.165) is 19.1 Å². The van der Waals surface area contributed by atoms with Crippen LogP contribution in [0.4, 0.5) is 5.69 Å². The second-order valence-electron chi connectivity index (χ2n) is 5.48. The van der Waals surface area contributed by atoms with Crippen molar-refractivity contribution in [2.75, 3.05) is 33.1 Å². The van der Waals surface area contributed by atoms with Gasteiger partial charge in [-0.1, -0.05) is 12.1 Å². The third-order valence-electron chi connectivity index (χ3n) is 3.34. The zero-order valence-electron chi connectivity index (χ0n) is 11.6. The molecule has 0 spiro atoms. The quantitative estimate of drug-likeness (QED) is 0.802. The molecule has 0 radical (unpaired) electrons. The molecule has 1 atom stereocenters. The van der Waals surface area contributed by atoms with Gasteiger partial charge in [0.05, 0.1) is 12.6 Å². The number of ether oxygens (including phenoxy) is 1. The Bertz CT molecular complexity index is 357. The Morgan fingerprint density at radius 1 is 1.28 bits per heavy atom. The van der Waals surface area contributed by atoms with E-state index in [2.05, 4.69) is 48.6 Å². The normalized spacial score (nSPS) is 16.9. The smallest absolute Gasteiger partial charge is 0.0666 e. The first-order valence-corrected chi connectivity index (χ1v) is 6.68. The highest BCUT2D eigenvalue weighted by molar-refractivity contribution is 5.45. The minimum Gasteiger partial charge on any atom is -0.383 e. The summed E-state index contributed by atoms with van der Waals surface area (Å²) in [5.41, 5.74) is 2.55. The molecule has 1 N–H and O–H groups in total. The van der Waals surface area contributed by atoms with Crippen molar-refractivity contribution in [2.24, 2.45) is 5.92 Å². The minimum absolute atomic E-state index is 0.467. The summed E-state index contributed by atoms with van der Waals surface area (Å²) in [6.45, 7) is 1.79. The molecule has 0 heterocycles. The van der Waals surface area contributed by atoms with Crippen molar-refractivity contribution in [1.82, 2.24) is 4.90 Å². The molecule has 0 bridgehead atoms. The molecular formula is C15H24N2O. The maximum absolute atomic E-state index is 5.28. The van der Waals surface area contributed by atoms with Crippen LogP contribution in [0.2, 0.25) is 0 Å². The fraction of sp³-hybridized carbons (Fsp3) is 0.600. The van der Waals surface area contributed by atoms with Crippen LogP contribution in [0, 0.1) is 5.92 Å². The first-order chi connectivity index (χ1) is 8.69. The summed E-state index contributed by atoms with van der Waals surface area (Å²) >= 11 is 0. The van der Waals surface area contributed by atoms with Gasteiger partial charge in [-0.2, -0.15) is 0 Å². The Morgan fingerprint density at radius 2 is 1.94 bits per heavy atom. The van der Waals surface area contributed by atoms with Gasteiger partial charge in [0, 0.05) is 19.3 Å². The van der Waals surface area contributed by atoms with Crippen molar-refractivity contribution >= 4 is 5.69 Å². The van der Waals surface area contributed by atoms with Gasteiger partial charge >= 0.3 is 0 Å². The lowest BCUT2D eigenvalue weighted by atomic mass is 10.1. The lowest BCUT2D eigenvalue weighted by molar-refractivity contribution is 0.179. The van der Waals surface area contributed by atoms with Crippen molar-refractivity contribution in [3.8, 4) is 0 Å². The van der Waals surface area contributed by atoms with E-state index in [1.165, 1.54) is 24.1 Å². The van der Waals surface area contributed by atoms with Crippen LogP contribution in [0.25, 0.3) is 0 Å². The first kappa shape index (κ1) is 13.4. The van der Waals surface area contributed by atoms with Crippen LogP contribution < -0.4 is 5.32 Å². The van der Waals surface area contributed by atoms with E-state index in [1.54, 1.807) is 7.11 Å². The van der Waals surface area contributed by atoms with Crippen molar-refractivity contribution in [2.45, 2.75) is 25.4 Å². The summed E-state index contributed by atoms with van der Waals surface area (Å²) in [6.07, 6.45) is 2.67. The molecule has 1 saturated carbocycles. The van der Waals surface area contributed by atoms with Crippen LogP contribution in [-0.2, 0) is 11.3 Å². The molecule has 2 rings (SSSR count). The highest BCUT2D eigenvalue weighted by atomic mass is 16.5. The van der Waals surface area contributed by atoms with E-state index in [0.29, 0.717) is 6.04 Å². The molecule has 18 heavy (non-hydrogen) atoms. The molecule has 0 aromatic heterocycles. The van der Waals surface area contributed by atoms with Crippen molar-refractivity contribution in [3.05, 3.63) is 29.8 Å². The Hall–Kier alpha value is -1.06. The van der Waals surface area contributed by atoms with E-state index in [4.69, 9.17) is 4.74 Å². The fourth-order valence-corrected chi connectivity index (χ4v) is 2.26. The predicted octanol–water partition coefficient (Wildman–Crippen LogP) is 2.59. The highest BCUT2D eigenvalue weighted by Gasteiger charge is 2.30. The molecule has 0 amide bonds. The largest absolute Gasteiger partial charge is 0.383 e. The molecule has 3 nitrogen and oxygen atoms in total. The van der Waals surface area contributed by atoms with Crippen LogP contribution in [0.3, 0.4) is 0 Å². The van der Waals surface area contributed by atoms with E-state index in [-0.39, 0.29) is 0 Å². The van der Waals surface area contributed by atoms with Crippen LogP contribution in [0.5, 0.6) is 0 Å². The molecule has 3 heteroatoms. The Labute approximate surface area is 110 Å². The Kier molecular flexibility index (Phi) is 4.61. The number of anilines is 1. The maximum Gasteiger partial charge on any atom is 0.0666 e. The summed E-state index contributed by atoms with van der Waals surface area (Å²) in [5, 5.41) is 3.58. The third-order valence-corrected chi connectivity index (χ3v) is 3.34. The first-order valence-electron chi connectivity index (χ1n) is 6.68. The van der Waals surface area contributed by atoms with E-state index >= 15 is 0 Å². The van der Waals surface area contributed by atoms with Gasteiger partial charge in [0.1, 0.15) is 0 Å². The molecule has 1 aliphatic carbocycles. The molecule has 1 fully saturated rings. The summed E-state index contributed by atoms with van der Waals surface area (Å²) in [4.78, 5) is 2.18. The third kappa shape index (κ3) is 4.00. The van der Waals surface area contributed by atoms with Crippen LogP contribution >= 0.6 is 0 Å². The standard InChI is InChI=1S/C15H24N2O/c1-17(2)10-12-4-8-14(9-5-12)16-15(11-18-3)13-6-7-13/h4-5,8-9,13,15-16H,6-7,10-11H2,1-3H3. The molecule has 1 aliphatic rings. The van der Waals surface area contributed by atoms with E-state index in [9.17, 15) is 0 Å². The topological polar surface area (TPSA) is 24.5 Å². The number of hydrogen-bond acceptors (Lipinski definition) is 3. The van der Waals surface area contributed by atoms with Gasteiger partial charge in [0.15, 0.2) is 0 Å². The summed E-state index contributed by atoms with van der Waals surface area (Å²) in [5.74, 6) is 0.798. The summed E-state index contributed by atoms with van der Waals surface area (Å²) < 4.78 is 5.28. The van der Waals surface area contributed by atoms with Gasteiger partial charge in [-0.3, -0.25) is 0 Å². The van der Waals surface area contributed by atoms with Crippen molar-refractivity contribution in [3.63, 3.8) is 0 Å². The summed E-state index contributed by atoms with van der Waals surface area (Å²) in [7, 11) is 5.96. The van der Waals surface area contributed by atoms with Crippen molar-refractivity contribution < 1.29 is 4.74 Å². The minimum atomic E-state index is 0.467. The molecular weight excluding hydrogens is 224 g/mol. The van der Waals surface area contributed by atoms with E-state index in [1.807, 2.05) is 0 Å². The van der Waals surface area contributed by atoms with Gasteiger partial charge in [-0.25, -0.2) is 0 Å². The fourth-order valence-electron chi connectivity index (χ4n) is 2.26. The van der Waals surface area contributed by atoms with Gasteiger partial charge in [0.2, 0.25) is 0 Å².